The van der Waals surface area contributed by atoms with Crippen LogP contribution in [0.2, 0.25) is 0 Å². The Morgan fingerprint density at radius 1 is 0.421 bits per heavy atom. The highest BCUT2D eigenvalue weighted by Crippen LogP contribution is 2.38. The van der Waals surface area contributed by atoms with Crippen LogP contribution >= 0.6 is 0 Å². The molecule has 38 heavy (non-hydrogen) atoms. The highest BCUT2D eigenvalue weighted by atomic mass is 14.8. The Labute approximate surface area is 218 Å². The summed E-state index contributed by atoms with van der Waals surface area (Å²) >= 11 is 0. The van der Waals surface area contributed by atoms with E-state index in [2.05, 4.69) is 96.0 Å². The van der Waals surface area contributed by atoms with E-state index in [0.717, 1.165) is 76.9 Å². The number of hydrogen-bond donors (Lipinski definition) is 0. The van der Waals surface area contributed by atoms with Crippen molar-refractivity contribution < 1.29 is 0 Å². The van der Waals surface area contributed by atoms with Crippen LogP contribution in [0.4, 0.5) is 0 Å². The second kappa shape index (κ2) is 8.15. The molecule has 0 N–H and O–H groups in total. The summed E-state index contributed by atoms with van der Waals surface area (Å²) in [6.45, 7) is 0. The third kappa shape index (κ3) is 3.17. The predicted molar refractivity (Wildman–Crippen MR) is 156 cm³/mol. The summed E-state index contributed by atoms with van der Waals surface area (Å²) in [6.07, 6.45) is 3.66. The van der Waals surface area contributed by atoms with Crippen molar-refractivity contribution in [3.05, 3.63) is 122 Å². The van der Waals surface area contributed by atoms with Crippen molar-refractivity contribution >= 4 is 54.5 Å². The van der Waals surface area contributed by atoms with Gasteiger partial charge in [-0.05, 0) is 35.9 Å². The van der Waals surface area contributed by atoms with Gasteiger partial charge in [-0.15, -0.1) is 0 Å². The van der Waals surface area contributed by atoms with E-state index in [9.17, 15) is 0 Å². The molecular formula is C34H20N4. The van der Waals surface area contributed by atoms with Crippen LogP contribution in [0.5, 0.6) is 0 Å². The van der Waals surface area contributed by atoms with E-state index in [-0.39, 0.29) is 0 Å². The minimum Gasteiger partial charge on any atom is -0.254 e. The average molecular weight is 485 g/mol. The summed E-state index contributed by atoms with van der Waals surface area (Å²) in [4.78, 5) is 19.5. The van der Waals surface area contributed by atoms with Crippen molar-refractivity contribution in [1.29, 1.82) is 0 Å². The second-order valence-electron chi connectivity index (χ2n) is 9.53. The number of nitrogens with zero attached hydrogens (tertiary/aromatic N) is 4. The van der Waals surface area contributed by atoms with Gasteiger partial charge in [0, 0.05) is 50.5 Å². The maximum absolute atomic E-state index is 5.09. The highest BCUT2D eigenvalue weighted by Gasteiger charge is 2.15. The zero-order valence-electron chi connectivity index (χ0n) is 20.3. The monoisotopic (exact) mass is 484 g/mol. The number of benzene rings is 4. The first-order valence-electron chi connectivity index (χ1n) is 12.6. The summed E-state index contributed by atoms with van der Waals surface area (Å²) in [7, 11) is 0. The normalized spacial score (nSPS) is 11.7. The molecule has 176 valence electrons. The van der Waals surface area contributed by atoms with Gasteiger partial charge < -0.3 is 0 Å². The average Bonchev–Trinajstić information content (AvgIpc) is 2.99. The van der Waals surface area contributed by atoms with Crippen LogP contribution in [-0.2, 0) is 0 Å². The molecule has 0 bridgehead atoms. The molecule has 0 fully saturated rings. The lowest BCUT2D eigenvalue weighted by atomic mass is 9.93. The van der Waals surface area contributed by atoms with E-state index in [0.29, 0.717) is 0 Å². The zero-order valence-corrected chi connectivity index (χ0v) is 20.3. The lowest BCUT2D eigenvalue weighted by Crippen LogP contribution is -1.92. The van der Waals surface area contributed by atoms with Crippen LogP contribution in [0, 0.1) is 0 Å². The Morgan fingerprint density at radius 2 is 1.11 bits per heavy atom. The molecule has 4 nitrogen and oxygen atoms in total. The quantitative estimate of drug-likeness (QED) is 0.183. The fourth-order valence-electron chi connectivity index (χ4n) is 5.52. The molecule has 0 unspecified atom stereocenters. The molecule has 0 saturated carbocycles. The number of rotatable bonds is 2. The first-order valence-corrected chi connectivity index (χ1v) is 12.6. The molecular weight excluding hydrogens is 464 g/mol. The molecule has 0 aliphatic heterocycles. The molecule has 0 aliphatic carbocycles. The van der Waals surface area contributed by atoms with Crippen molar-refractivity contribution in [1.82, 2.24) is 19.9 Å². The summed E-state index contributed by atoms with van der Waals surface area (Å²) in [5.74, 6) is 0. The minimum atomic E-state index is 0.920. The Balaban J connectivity index is 1.39. The maximum atomic E-state index is 5.09. The number of hydrogen-bond acceptors (Lipinski definition) is 4. The van der Waals surface area contributed by atoms with Gasteiger partial charge in [0.2, 0.25) is 0 Å². The molecule has 0 spiro atoms. The minimum absolute atomic E-state index is 0.920. The predicted octanol–water partition coefficient (Wildman–Crippen LogP) is 8.37. The van der Waals surface area contributed by atoms with Gasteiger partial charge in [0.05, 0.1) is 33.3 Å². The largest absolute Gasteiger partial charge is 0.254 e. The summed E-state index contributed by atoms with van der Waals surface area (Å²) < 4.78 is 0. The number of para-hydroxylation sites is 1. The Kier molecular flexibility index (Phi) is 4.49. The van der Waals surface area contributed by atoms with Gasteiger partial charge in [-0.3, -0.25) is 9.97 Å². The van der Waals surface area contributed by atoms with Gasteiger partial charge >= 0.3 is 0 Å². The summed E-state index contributed by atoms with van der Waals surface area (Å²) in [6, 6.07) is 37.8. The van der Waals surface area contributed by atoms with Crippen molar-refractivity contribution in [3.63, 3.8) is 0 Å². The molecule has 0 radical (unpaired) electrons. The Bertz CT molecular complexity index is 2200. The number of pyridine rings is 4. The van der Waals surface area contributed by atoms with E-state index in [1.807, 2.05) is 30.6 Å². The van der Waals surface area contributed by atoms with Gasteiger partial charge in [-0.1, -0.05) is 78.9 Å². The lowest BCUT2D eigenvalue weighted by molar-refractivity contribution is 1.37. The molecule has 4 heteroatoms. The summed E-state index contributed by atoms with van der Waals surface area (Å²) in [5.41, 5.74) is 8.91. The van der Waals surface area contributed by atoms with Crippen molar-refractivity contribution in [2.24, 2.45) is 0 Å². The second-order valence-corrected chi connectivity index (χ2v) is 9.53. The Hall–Kier alpha value is -5.22. The van der Waals surface area contributed by atoms with Crippen LogP contribution < -0.4 is 0 Å². The lowest BCUT2D eigenvalue weighted by Gasteiger charge is -2.14. The smallest absolute Gasteiger partial charge is 0.0978 e. The molecule has 4 aromatic carbocycles. The van der Waals surface area contributed by atoms with E-state index in [1.54, 1.807) is 0 Å². The zero-order chi connectivity index (χ0) is 25.1. The van der Waals surface area contributed by atoms with E-state index >= 15 is 0 Å². The van der Waals surface area contributed by atoms with Crippen LogP contribution in [0.25, 0.3) is 76.9 Å². The molecule has 0 atom stereocenters. The molecule has 8 aromatic rings. The van der Waals surface area contributed by atoms with E-state index < -0.39 is 0 Å². The van der Waals surface area contributed by atoms with Crippen LogP contribution in [0.15, 0.2) is 122 Å². The fraction of sp³-hybridized carbons (Fsp3) is 0. The van der Waals surface area contributed by atoms with Crippen LogP contribution in [0.1, 0.15) is 0 Å². The first kappa shape index (κ1) is 20.9. The molecule has 0 aliphatic rings. The molecule has 8 rings (SSSR count). The van der Waals surface area contributed by atoms with Gasteiger partial charge in [0.25, 0.3) is 0 Å². The topological polar surface area (TPSA) is 51.6 Å². The van der Waals surface area contributed by atoms with Crippen molar-refractivity contribution in [2.45, 2.75) is 0 Å². The third-order valence-corrected chi connectivity index (χ3v) is 7.30. The van der Waals surface area contributed by atoms with Gasteiger partial charge in [0.1, 0.15) is 0 Å². The van der Waals surface area contributed by atoms with Crippen LogP contribution in [-0.4, -0.2) is 19.9 Å². The van der Waals surface area contributed by atoms with Crippen molar-refractivity contribution in [2.75, 3.05) is 0 Å². The SMILES string of the molecule is c1cc(-c2ccc3ccc4cccnc4c3n2)cc(-c2c3ccccc3nc3c2ccc2cccnc23)c1. The van der Waals surface area contributed by atoms with Gasteiger partial charge in [-0.2, -0.15) is 0 Å². The van der Waals surface area contributed by atoms with Crippen LogP contribution in [0.3, 0.4) is 0 Å². The highest BCUT2D eigenvalue weighted by molar-refractivity contribution is 6.16. The molecule has 4 heterocycles. The summed E-state index contributed by atoms with van der Waals surface area (Å²) in [5, 5.41) is 5.47. The first-order chi connectivity index (χ1) is 18.8. The van der Waals surface area contributed by atoms with E-state index in [1.165, 1.54) is 0 Å². The number of fused-ring (bicyclic) bond motifs is 7. The Morgan fingerprint density at radius 3 is 1.95 bits per heavy atom. The van der Waals surface area contributed by atoms with Gasteiger partial charge in [-0.25, -0.2) is 9.97 Å². The fourth-order valence-corrected chi connectivity index (χ4v) is 5.52. The van der Waals surface area contributed by atoms with Gasteiger partial charge in [0.15, 0.2) is 0 Å². The third-order valence-electron chi connectivity index (χ3n) is 7.30. The van der Waals surface area contributed by atoms with Crippen molar-refractivity contribution in [3.8, 4) is 22.4 Å². The molecule has 4 aromatic heterocycles. The molecule has 0 saturated heterocycles. The number of aromatic nitrogens is 4. The van der Waals surface area contributed by atoms with E-state index in [4.69, 9.17) is 15.0 Å². The standard InChI is InChI=1S/C34H20N4/c1-2-11-29-26(10-1)30(27-16-14-22-9-5-19-36-32(22)34(27)38-29)25-7-3-6-24(20-25)28-17-15-23-13-12-21-8-4-18-35-31(21)33(23)37-28/h1-20H. The maximum Gasteiger partial charge on any atom is 0.0978 e. The molecule has 0 amide bonds.